The largest absolute Gasteiger partial charge is 0.321 e. The van der Waals surface area contributed by atoms with Crippen LogP contribution in [-0.2, 0) is 0 Å². The van der Waals surface area contributed by atoms with Crippen LogP contribution in [0, 0.1) is 13.8 Å². The topological polar surface area (TPSA) is 59.3 Å². The van der Waals surface area contributed by atoms with Crippen LogP contribution in [-0.4, -0.2) is 20.5 Å². The average Bonchev–Trinajstić information content (AvgIpc) is 2.89. The van der Waals surface area contributed by atoms with Gasteiger partial charge in [0.05, 0.1) is 0 Å². The number of carbonyl (C=O) groups excluding carboxylic acids is 1. The van der Waals surface area contributed by atoms with Gasteiger partial charge in [0.25, 0.3) is 5.91 Å². The summed E-state index contributed by atoms with van der Waals surface area (Å²) in [6.45, 7) is 8.12. The number of pyridine rings is 1. The fourth-order valence-electron chi connectivity index (χ4n) is 2.68. The van der Waals surface area contributed by atoms with Gasteiger partial charge in [-0.25, -0.2) is 0 Å². The summed E-state index contributed by atoms with van der Waals surface area (Å²) in [4.78, 5) is 12.6. The Labute approximate surface area is 135 Å². The molecule has 3 aromatic rings. The molecule has 2 heterocycles. The van der Waals surface area contributed by atoms with Crippen LogP contribution < -0.4 is 5.32 Å². The molecule has 0 atom stereocenters. The lowest BCUT2D eigenvalue weighted by Crippen LogP contribution is -2.15. The van der Waals surface area contributed by atoms with Crippen LogP contribution in [0.1, 0.15) is 47.1 Å². The van der Waals surface area contributed by atoms with E-state index >= 15 is 0 Å². The summed E-state index contributed by atoms with van der Waals surface area (Å²) in [5.41, 5.74) is 4.33. The van der Waals surface area contributed by atoms with Crippen molar-refractivity contribution >= 4 is 17.2 Å². The number of carbonyl (C=O) groups is 1. The highest BCUT2D eigenvalue weighted by atomic mass is 16.1. The van der Waals surface area contributed by atoms with Gasteiger partial charge in [-0.05, 0) is 43.0 Å². The molecule has 5 heteroatoms. The second kappa shape index (κ2) is 5.83. The molecule has 0 aliphatic carbocycles. The molecule has 0 aliphatic rings. The SMILES string of the molecule is Cc1cccc(C(C)C)c1NC(=O)c1ccn2c(C)nnc2c1. The lowest BCUT2D eigenvalue weighted by atomic mass is 9.98. The number of rotatable bonds is 3. The highest BCUT2D eigenvalue weighted by Gasteiger charge is 2.14. The number of aromatic nitrogens is 3. The number of aryl methyl sites for hydroxylation is 2. The van der Waals surface area contributed by atoms with E-state index in [1.807, 2.05) is 36.6 Å². The van der Waals surface area contributed by atoms with Gasteiger partial charge in [0.2, 0.25) is 0 Å². The monoisotopic (exact) mass is 308 g/mol. The van der Waals surface area contributed by atoms with Gasteiger partial charge in [0.15, 0.2) is 5.65 Å². The van der Waals surface area contributed by atoms with Crippen molar-refractivity contribution < 1.29 is 4.79 Å². The molecule has 118 valence electrons. The molecule has 0 unspecified atom stereocenters. The van der Waals surface area contributed by atoms with Crippen LogP contribution in [0.3, 0.4) is 0 Å². The summed E-state index contributed by atoms with van der Waals surface area (Å²) < 4.78 is 1.85. The van der Waals surface area contributed by atoms with E-state index in [0.29, 0.717) is 17.1 Å². The zero-order valence-electron chi connectivity index (χ0n) is 13.8. The van der Waals surface area contributed by atoms with Gasteiger partial charge in [-0.3, -0.25) is 9.20 Å². The highest BCUT2D eigenvalue weighted by Crippen LogP contribution is 2.27. The summed E-state index contributed by atoms with van der Waals surface area (Å²) in [6, 6.07) is 9.62. The molecule has 23 heavy (non-hydrogen) atoms. The Hall–Kier alpha value is -2.69. The van der Waals surface area contributed by atoms with Gasteiger partial charge in [-0.2, -0.15) is 0 Å². The third kappa shape index (κ3) is 2.82. The molecule has 1 amide bonds. The molecule has 0 aliphatic heterocycles. The first kappa shape index (κ1) is 15.2. The molecule has 1 N–H and O–H groups in total. The van der Waals surface area contributed by atoms with Crippen molar-refractivity contribution in [3.63, 3.8) is 0 Å². The van der Waals surface area contributed by atoms with Gasteiger partial charge >= 0.3 is 0 Å². The summed E-state index contributed by atoms with van der Waals surface area (Å²) in [5, 5.41) is 11.1. The van der Waals surface area contributed by atoms with Gasteiger partial charge in [0, 0.05) is 17.4 Å². The minimum absolute atomic E-state index is 0.135. The number of anilines is 1. The number of benzene rings is 1. The maximum Gasteiger partial charge on any atom is 0.255 e. The van der Waals surface area contributed by atoms with Crippen molar-refractivity contribution in [1.29, 1.82) is 0 Å². The van der Waals surface area contributed by atoms with E-state index in [1.54, 1.807) is 12.1 Å². The number of hydrogen-bond acceptors (Lipinski definition) is 3. The maximum absolute atomic E-state index is 12.6. The fourth-order valence-corrected chi connectivity index (χ4v) is 2.68. The van der Waals surface area contributed by atoms with E-state index < -0.39 is 0 Å². The smallest absolute Gasteiger partial charge is 0.255 e. The molecule has 1 aromatic carbocycles. The molecular formula is C18H20N4O. The minimum atomic E-state index is -0.135. The standard InChI is InChI=1S/C18H20N4O/c1-11(2)15-7-5-6-12(3)17(15)19-18(23)14-8-9-22-13(4)20-21-16(22)10-14/h5-11H,1-4H3,(H,19,23). The first-order valence-electron chi connectivity index (χ1n) is 7.69. The fraction of sp³-hybridized carbons (Fsp3) is 0.278. The highest BCUT2D eigenvalue weighted by molar-refractivity contribution is 6.05. The predicted octanol–water partition coefficient (Wildman–Crippen LogP) is 3.72. The number of nitrogens with zero attached hydrogens (tertiary/aromatic N) is 3. The number of amides is 1. The van der Waals surface area contributed by atoms with Crippen molar-refractivity contribution in [2.45, 2.75) is 33.6 Å². The van der Waals surface area contributed by atoms with E-state index in [1.165, 1.54) is 0 Å². The van der Waals surface area contributed by atoms with Gasteiger partial charge in [-0.15, -0.1) is 10.2 Å². The second-order valence-electron chi connectivity index (χ2n) is 6.04. The molecule has 0 spiro atoms. The average molecular weight is 308 g/mol. The molecule has 3 rings (SSSR count). The molecular weight excluding hydrogens is 288 g/mol. The quantitative estimate of drug-likeness (QED) is 0.802. The lowest BCUT2D eigenvalue weighted by Gasteiger charge is -2.16. The van der Waals surface area contributed by atoms with Crippen molar-refractivity contribution in [2.24, 2.45) is 0 Å². The van der Waals surface area contributed by atoms with E-state index in [2.05, 4.69) is 35.4 Å². The summed E-state index contributed by atoms with van der Waals surface area (Å²) in [5.74, 6) is 1.00. The first-order valence-corrected chi connectivity index (χ1v) is 7.69. The third-order valence-electron chi connectivity index (χ3n) is 4.01. The molecule has 0 saturated carbocycles. The summed E-state index contributed by atoms with van der Waals surface area (Å²) >= 11 is 0. The van der Waals surface area contributed by atoms with Gasteiger partial charge in [-0.1, -0.05) is 32.0 Å². The van der Waals surface area contributed by atoms with Crippen molar-refractivity contribution in [3.05, 3.63) is 59.0 Å². The number of hydrogen-bond donors (Lipinski definition) is 1. The maximum atomic E-state index is 12.6. The zero-order chi connectivity index (χ0) is 16.6. The van der Waals surface area contributed by atoms with Crippen LogP contribution in [0.2, 0.25) is 0 Å². The van der Waals surface area contributed by atoms with E-state index in [0.717, 1.165) is 22.6 Å². The van der Waals surface area contributed by atoms with Crippen LogP contribution in [0.25, 0.3) is 5.65 Å². The number of nitrogens with one attached hydrogen (secondary N) is 1. The Morgan fingerprint density at radius 2 is 1.96 bits per heavy atom. The normalized spacial score (nSPS) is 11.2. The molecule has 0 fully saturated rings. The van der Waals surface area contributed by atoms with Crippen LogP contribution in [0.4, 0.5) is 5.69 Å². The van der Waals surface area contributed by atoms with Crippen LogP contribution >= 0.6 is 0 Å². The zero-order valence-corrected chi connectivity index (χ0v) is 13.8. The number of para-hydroxylation sites is 1. The summed E-state index contributed by atoms with van der Waals surface area (Å²) in [6.07, 6.45) is 1.82. The third-order valence-corrected chi connectivity index (χ3v) is 4.01. The Morgan fingerprint density at radius 3 is 2.70 bits per heavy atom. The Morgan fingerprint density at radius 1 is 1.17 bits per heavy atom. The molecule has 0 radical (unpaired) electrons. The van der Waals surface area contributed by atoms with Crippen molar-refractivity contribution in [2.75, 3.05) is 5.32 Å². The number of fused-ring (bicyclic) bond motifs is 1. The van der Waals surface area contributed by atoms with Crippen LogP contribution in [0.15, 0.2) is 36.5 Å². The van der Waals surface area contributed by atoms with Crippen LogP contribution in [0.5, 0.6) is 0 Å². The summed E-state index contributed by atoms with van der Waals surface area (Å²) in [7, 11) is 0. The predicted molar refractivity (Wildman–Crippen MR) is 90.9 cm³/mol. The van der Waals surface area contributed by atoms with Gasteiger partial charge < -0.3 is 5.32 Å². The Bertz CT molecular complexity index is 880. The minimum Gasteiger partial charge on any atom is -0.321 e. The molecule has 0 saturated heterocycles. The van der Waals surface area contributed by atoms with E-state index in [9.17, 15) is 4.79 Å². The van der Waals surface area contributed by atoms with E-state index in [-0.39, 0.29) is 5.91 Å². The lowest BCUT2D eigenvalue weighted by molar-refractivity contribution is 0.102. The Balaban J connectivity index is 1.95. The first-order chi connectivity index (χ1) is 11.0. The van der Waals surface area contributed by atoms with E-state index in [4.69, 9.17) is 0 Å². The van der Waals surface area contributed by atoms with Crippen molar-refractivity contribution in [1.82, 2.24) is 14.6 Å². The molecule has 2 aromatic heterocycles. The Kier molecular flexibility index (Phi) is 3.86. The molecule has 0 bridgehead atoms. The molecule has 5 nitrogen and oxygen atoms in total. The van der Waals surface area contributed by atoms with Crippen molar-refractivity contribution in [3.8, 4) is 0 Å². The second-order valence-corrected chi connectivity index (χ2v) is 6.04. The van der Waals surface area contributed by atoms with Gasteiger partial charge in [0.1, 0.15) is 5.82 Å².